The minimum Gasteiger partial charge on any atom is -0.481 e. The van der Waals surface area contributed by atoms with Gasteiger partial charge in [-0.3, -0.25) is 9.69 Å². The van der Waals surface area contributed by atoms with Crippen LogP contribution in [0.2, 0.25) is 0 Å². The highest BCUT2D eigenvalue weighted by Gasteiger charge is 2.25. The molecule has 0 unspecified atom stereocenters. The molecular formula is C12H22N2O3. The van der Waals surface area contributed by atoms with E-state index < -0.39 is 5.97 Å². The molecule has 2 rings (SSSR count). The Balaban J connectivity index is 1.68. The van der Waals surface area contributed by atoms with E-state index >= 15 is 0 Å². The zero-order valence-electron chi connectivity index (χ0n) is 10.3. The Bertz CT molecular complexity index is 246. The maximum absolute atomic E-state index is 10.5. The first-order valence-electron chi connectivity index (χ1n) is 6.51. The normalized spacial score (nSPS) is 24.9. The Morgan fingerprint density at radius 2 is 1.82 bits per heavy atom. The smallest absolute Gasteiger partial charge is 0.304 e. The second-order valence-corrected chi connectivity index (χ2v) is 4.86. The first kappa shape index (κ1) is 12.8. The third-order valence-electron chi connectivity index (χ3n) is 3.76. The van der Waals surface area contributed by atoms with Crippen molar-refractivity contribution in [3.8, 4) is 0 Å². The summed E-state index contributed by atoms with van der Waals surface area (Å²) >= 11 is 0. The van der Waals surface area contributed by atoms with E-state index in [0.29, 0.717) is 12.6 Å². The van der Waals surface area contributed by atoms with Crippen molar-refractivity contribution in [3.05, 3.63) is 0 Å². The van der Waals surface area contributed by atoms with Gasteiger partial charge in [-0.1, -0.05) is 0 Å². The molecule has 0 aromatic heterocycles. The Morgan fingerprint density at radius 3 is 2.41 bits per heavy atom. The van der Waals surface area contributed by atoms with Crippen molar-refractivity contribution in [1.29, 1.82) is 0 Å². The number of carboxylic acids is 1. The van der Waals surface area contributed by atoms with Gasteiger partial charge in [-0.15, -0.1) is 0 Å². The lowest BCUT2D eigenvalue weighted by Gasteiger charge is -2.40. The summed E-state index contributed by atoms with van der Waals surface area (Å²) in [5, 5.41) is 8.65. The van der Waals surface area contributed by atoms with Crippen molar-refractivity contribution < 1.29 is 14.6 Å². The van der Waals surface area contributed by atoms with Crippen molar-refractivity contribution in [2.45, 2.75) is 25.3 Å². The number of aliphatic carboxylic acids is 1. The summed E-state index contributed by atoms with van der Waals surface area (Å²) < 4.78 is 5.37. The van der Waals surface area contributed by atoms with Gasteiger partial charge in [-0.2, -0.15) is 0 Å². The van der Waals surface area contributed by atoms with Gasteiger partial charge in [0.25, 0.3) is 0 Å². The minimum atomic E-state index is -0.697. The fourth-order valence-electron chi connectivity index (χ4n) is 2.66. The van der Waals surface area contributed by atoms with Crippen LogP contribution in [0, 0.1) is 0 Å². The molecule has 0 aromatic rings. The summed E-state index contributed by atoms with van der Waals surface area (Å²) in [5.41, 5.74) is 0. The predicted molar refractivity (Wildman–Crippen MR) is 64.1 cm³/mol. The number of hydrogen-bond acceptors (Lipinski definition) is 4. The molecular weight excluding hydrogens is 220 g/mol. The highest BCUT2D eigenvalue weighted by molar-refractivity contribution is 5.66. The summed E-state index contributed by atoms with van der Waals surface area (Å²) in [6, 6.07) is 0.686. The van der Waals surface area contributed by atoms with E-state index in [9.17, 15) is 4.79 Å². The van der Waals surface area contributed by atoms with Crippen LogP contribution in [-0.2, 0) is 9.53 Å². The molecule has 0 amide bonds. The molecule has 0 saturated carbocycles. The lowest BCUT2D eigenvalue weighted by atomic mass is 10.1. The number of nitrogens with zero attached hydrogens (tertiary/aromatic N) is 2. The average molecular weight is 242 g/mol. The quantitative estimate of drug-likeness (QED) is 0.766. The summed E-state index contributed by atoms with van der Waals surface area (Å²) in [6.45, 7) is 6.63. The van der Waals surface area contributed by atoms with Crippen LogP contribution in [0.5, 0.6) is 0 Å². The summed E-state index contributed by atoms with van der Waals surface area (Å²) in [7, 11) is 0. The van der Waals surface area contributed by atoms with Gasteiger partial charge in [0.1, 0.15) is 0 Å². The zero-order chi connectivity index (χ0) is 12.1. The number of hydrogen-bond donors (Lipinski definition) is 1. The molecule has 2 aliphatic heterocycles. The van der Waals surface area contributed by atoms with Crippen molar-refractivity contribution in [2.75, 3.05) is 45.9 Å². The standard InChI is InChI=1S/C12H22N2O3/c15-12(16)1-4-13-5-7-14(8-6-13)11-2-9-17-10-3-11/h11H,1-10H2,(H,15,16). The summed E-state index contributed by atoms with van der Waals surface area (Å²) in [5.74, 6) is -0.697. The van der Waals surface area contributed by atoms with Crippen LogP contribution in [0.4, 0.5) is 0 Å². The third kappa shape index (κ3) is 3.94. The van der Waals surface area contributed by atoms with Gasteiger partial charge in [0.15, 0.2) is 0 Å². The predicted octanol–water partition coefficient (Wildman–Crippen LogP) is 0.258. The summed E-state index contributed by atoms with van der Waals surface area (Å²) in [6.07, 6.45) is 2.56. The molecule has 0 aromatic carbocycles. The first-order valence-corrected chi connectivity index (χ1v) is 6.51. The van der Waals surface area contributed by atoms with E-state index in [4.69, 9.17) is 9.84 Å². The molecule has 2 fully saturated rings. The van der Waals surface area contributed by atoms with E-state index in [2.05, 4.69) is 9.80 Å². The molecule has 0 radical (unpaired) electrons. The number of ether oxygens (including phenoxy) is 1. The van der Waals surface area contributed by atoms with Crippen LogP contribution >= 0.6 is 0 Å². The molecule has 5 nitrogen and oxygen atoms in total. The van der Waals surface area contributed by atoms with E-state index in [-0.39, 0.29) is 6.42 Å². The monoisotopic (exact) mass is 242 g/mol. The Morgan fingerprint density at radius 1 is 1.18 bits per heavy atom. The SMILES string of the molecule is O=C(O)CCN1CCN(C2CCOCC2)CC1. The first-order chi connectivity index (χ1) is 8.25. The molecule has 17 heavy (non-hydrogen) atoms. The van der Waals surface area contributed by atoms with E-state index in [1.54, 1.807) is 0 Å². The molecule has 2 heterocycles. The molecule has 0 bridgehead atoms. The van der Waals surface area contributed by atoms with E-state index in [1.165, 1.54) is 0 Å². The van der Waals surface area contributed by atoms with Gasteiger partial charge < -0.3 is 14.7 Å². The average Bonchev–Trinajstić information content (AvgIpc) is 2.38. The van der Waals surface area contributed by atoms with Crippen LogP contribution in [0.3, 0.4) is 0 Å². The van der Waals surface area contributed by atoms with Crippen molar-refractivity contribution in [2.24, 2.45) is 0 Å². The lowest BCUT2D eigenvalue weighted by Crippen LogP contribution is -2.51. The fourth-order valence-corrected chi connectivity index (χ4v) is 2.66. The van der Waals surface area contributed by atoms with Gasteiger partial charge in [-0.05, 0) is 12.8 Å². The molecule has 2 saturated heterocycles. The fraction of sp³-hybridized carbons (Fsp3) is 0.917. The highest BCUT2D eigenvalue weighted by Crippen LogP contribution is 2.16. The van der Waals surface area contributed by atoms with Gasteiger partial charge in [0.2, 0.25) is 0 Å². The number of carbonyl (C=O) groups is 1. The summed E-state index contributed by atoms with van der Waals surface area (Å²) in [4.78, 5) is 15.3. The maximum Gasteiger partial charge on any atom is 0.304 e. The molecule has 2 aliphatic rings. The van der Waals surface area contributed by atoms with Crippen LogP contribution < -0.4 is 0 Å². The van der Waals surface area contributed by atoms with Gasteiger partial charge in [0, 0.05) is 52.0 Å². The second kappa shape index (κ2) is 6.33. The molecule has 5 heteroatoms. The Labute approximate surface area is 102 Å². The number of rotatable bonds is 4. The van der Waals surface area contributed by atoms with Gasteiger partial charge in [0.05, 0.1) is 6.42 Å². The minimum absolute atomic E-state index is 0.261. The Hall–Kier alpha value is -0.650. The largest absolute Gasteiger partial charge is 0.481 e. The van der Waals surface area contributed by atoms with Crippen LogP contribution in [0.15, 0.2) is 0 Å². The van der Waals surface area contributed by atoms with E-state index in [1.807, 2.05) is 0 Å². The second-order valence-electron chi connectivity index (χ2n) is 4.86. The maximum atomic E-state index is 10.5. The lowest BCUT2D eigenvalue weighted by molar-refractivity contribution is -0.137. The van der Waals surface area contributed by atoms with Crippen molar-refractivity contribution >= 4 is 5.97 Å². The third-order valence-corrected chi connectivity index (χ3v) is 3.76. The van der Waals surface area contributed by atoms with Crippen molar-refractivity contribution in [3.63, 3.8) is 0 Å². The van der Waals surface area contributed by atoms with Gasteiger partial charge in [-0.25, -0.2) is 0 Å². The number of carboxylic acid groups (broad SMARTS) is 1. The molecule has 98 valence electrons. The zero-order valence-corrected chi connectivity index (χ0v) is 10.3. The Kier molecular flexibility index (Phi) is 4.76. The number of piperazine rings is 1. The van der Waals surface area contributed by atoms with Crippen LogP contribution in [0.1, 0.15) is 19.3 Å². The van der Waals surface area contributed by atoms with Crippen LogP contribution in [-0.4, -0.2) is 72.9 Å². The van der Waals surface area contributed by atoms with E-state index in [0.717, 1.165) is 52.2 Å². The molecule has 1 N–H and O–H groups in total. The molecule has 0 spiro atoms. The van der Waals surface area contributed by atoms with Crippen LogP contribution in [0.25, 0.3) is 0 Å². The van der Waals surface area contributed by atoms with Crippen molar-refractivity contribution in [1.82, 2.24) is 9.80 Å². The highest BCUT2D eigenvalue weighted by atomic mass is 16.5. The molecule has 0 atom stereocenters. The van der Waals surface area contributed by atoms with Gasteiger partial charge >= 0.3 is 5.97 Å². The molecule has 0 aliphatic carbocycles. The topological polar surface area (TPSA) is 53.0 Å².